The topological polar surface area (TPSA) is 23.5 Å². The van der Waals surface area contributed by atoms with Crippen LogP contribution in [0.4, 0.5) is 0 Å². The van der Waals surface area contributed by atoms with Crippen molar-refractivity contribution >= 4 is 0 Å². The van der Waals surface area contributed by atoms with Gasteiger partial charge in [-0.3, -0.25) is 4.90 Å². The zero-order chi connectivity index (χ0) is 10.8. The predicted molar refractivity (Wildman–Crippen MR) is 61.5 cm³/mol. The second-order valence-corrected chi connectivity index (χ2v) is 4.15. The number of hydrogen-bond donors (Lipinski definition) is 1. The van der Waals surface area contributed by atoms with E-state index in [0.717, 1.165) is 18.5 Å². The number of aliphatic hydroxyl groups is 1. The van der Waals surface area contributed by atoms with Gasteiger partial charge in [0.05, 0.1) is 12.8 Å². The molecule has 2 rings (SSSR count). The van der Waals surface area contributed by atoms with Gasteiger partial charge in [0, 0.05) is 6.54 Å². The highest BCUT2D eigenvalue weighted by Gasteiger charge is 2.26. The summed E-state index contributed by atoms with van der Waals surface area (Å²) in [4.78, 5) is 2.06. The van der Waals surface area contributed by atoms with Gasteiger partial charge < -0.3 is 5.11 Å². The van der Waals surface area contributed by atoms with Crippen molar-refractivity contribution in [3.05, 3.63) is 47.5 Å². The SMILES string of the molecule is C=C(C)[C@H]1c2ccccc2CCN1CO. The Bertz CT molecular complexity index is 373. The van der Waals surface area contributed by atoms with Gasteiger partial charge in [-0.25, -0.2) is 0 Å². The molecule has 2 nitrogen and oxygen atoms in total. The lowest BCUT2D eigenvalue weighted by molar-refractivity contribution is 0.0744. The normalized spacial score (nSPS) is 21.1. The van der Waals surface area contributed by atoms with E-state index < -0.39 is 0 Å². The minimum Gasteiger partial charge on any atom is -0.381 e. The van der Waals surface area contributed by atoms with Crippen LogP contribution in [0.15, 0.2) is 36.4 Å². The second-order valence-electron chi connectivity index (χ2n) is 4.15. The van der Waals surface area contributed by atoms with Crippen LogP contribution in [0, 0.1) is 0 Å². The van der Waals surface area contributed by atoms with Crippen LogP contribution in [-0.4, -0.2) is 23.3 Å². The first-order valence-electron chi connectivity index (χ1n) is 5.32. The van der Waals surface area contributed by atoms with Crippen molar-refractivity contribution < 1.29 is 5.11 Å². The van der Waals surface area contributed by atoms with Gasteiger partial charge in [-0.05, 0) is 24.5 Å². The summed E-state index contributed by atoms with van der Waals surface area (Å²) in [5, 5.41) is 9.32. The molecule has 0 amide bonds. The van der Waals surface area contributed by atoms with Gasteiger partial charge in [0.15, 0.2) is 0 Å². The Balaban J connectivity index is 2.43. The summed E-state index contributed by atoms with van der Waals surface area (Å²) in [6.45, 7) is 7.06. The maximum Gasteiger partial charge on any atom is 0.0964 e. The molecule has 1 aliphatic rings. The first-order valence-corrected chi connectivity index (χ1v) is 5.32. The molecular weight excluding hydrogens is 186 g/mol. The van der Waals surface area contributed by atoms with Crippen LogP contribution in [0.1, 0.15) is 24.1 Å². The van der Waals surface area contributed by atoms with Gasteiger partial charge in [0.1, 0.15) is 0 Å². The number of benzene rings is 1. The first kappa shape index (κ1) is 10.4. The largest absolute Gasteiger partial charge is 0.381 e. The van der Waals surface area contributed by atoms with E-state index >= 15 is 0 Å². The van der Waals surface area contributed by atoms with E-state index in [0.29, 0.717) is 0 Å². The zero-order valence-corrected chi connectivity index (χ0v) is 9.11. The van der Waals surface area contributed by atoms with Crippen molar-refractivity contribution in [1.29, 1.82) is 0 Å². The number of fused-ring (bicyclic) bond motifs is 1. The van der Waals surface area contributed by atoms with Gasteiger partial charge >= 0.3 is 0 Å². The van der Waals surface area contributed by atoms with Gasteiger partial charge in [-0.1, -0.05) is 36.4 Å². The number of nitrogens with zero attached hydrogens (tertiary/aromatic N) is 1. The van der Waals surface area contributed by atoms with E-state index in [-0.39, 0.29) is 12.8 Å². The molecule has 1 atom stereocenters. The summed E-state index contributed by atoms with van der Waals surface area (Å²) in [5.41, 5.74) is 3.77. The van der Waals surface area contributed by atoms with Crippen LogP contribution in [0.5, 0.6) is 0 Å². The molecule has 0 unspecified atom stereocenters. The highest BCUT2D eigenvalue weighted by molar-refractivity contribution is 5.36. The van der Waals surface area contributed by atoms with Crippen molar-refractivity contribution in [1.82, 2.24) is 4.90 Å². The maximum atomic E-state index is 9.32. The molecule has 0 saturated heterocycles. The Hall–Kier alpha value is -1.12. The quantitative estimate of drug-likeness (QED) is 0.744. The molecule has 0 bridgehead atoms. The Morgan fingerprint density at radius 1 is 1.53 bits per heavy atom. The fourth-order valence-electron chi connectivity index (χ4n) is 2.35. The fraction of sp³-hybridized carbons (Fsp3) is 0.385. The molecule has 0 radical (unpaired) electrons. The average Bonchev–Trinajstić information content (AvgIpc) is 2.27. The Morgan fingerprint density at radius 3 is 2.93 bits per heavy atom. The molecule has 1 aliphatic heterocycles. The van der Waals surface area contributed by atoms with Crippen LogP contribution in [0.2, 0.25) is 0 Å². The van der Waals surface area contributed by atoms with E-state index in [4.69, 9.17) is 0 Å². The van der Waals surface area contributed by atoms with Gasteiger partial charge in [-0.2, -0.15) is 0 Å². The van der Waals surface area contributed by atoms with Crippen molar-refractivity contribution in [2.24, 2.45) is 0 Å². The summed E-state index contributed by atoms with van der Waals surface area (Å²) < 4.78 is 0. The zero-order valence-electron chi connectivity index (χ0n) is 9.11. The third-order valence-electron chi connectivity index (χ3n) is 3.03. The Kier molecular flexibility index (Phi) is 2.89. The summed E-state index contributed by atoms with van der Waals surface area (Å²) in [6, 6.07) is 8.61. The van der Waals surface area contributed by atoms with Crippen molar-refractivity contribution in [3.8, 4) is 0 Å². The van der Waals surface area contributed by atoms with E-state index in [9.17, 15) is 5.11 Å². The first-order chi connectivity index (χ1) is 7.24. The Morgan fingerprint density at radius 2 is 2.27 bits per heavy atom. The minimum atomic E-state index is 0.103. The molecule has 2 heteroatoms. The van der Waals surface area contributed by atoms with E-state index in [1.165, 1.54) is 11.1 Å². The van der Waals surface area contributed by atoms with Crippen LogP contribution < -0.4 is 0 Å². The van der Waals surface area contributed by atoms with Crippen LogP contribution in [0.3, 0.4) is 0 Å². The minimum absolute atomic E-state index is 0.103. The average molecular weight is 203 g/mol. The second kappa shape index (κ2) is 4.17. The lowest BCUT2D eigenvalue weighted by Gasteiger charge is -2.36. The summed E-state index contributed by atoms with van der Waals surface area (Å²) in [7, 11) is 0. The maximum absolute atomic E-state index is 9.32. The van der Waals surface area contributed by atoms with E-state index in [2.05, 4.69) is 35.7 Å². The van der Waals surface area contributed by atoms with Crippen LogP contribution in [0.25, 0.3) is 0 Å². The van der Waals surface area contributed by atoms with Gasteiger partial charge in [0.25, 0.3) is 0 Å². The monoisotopic (exact) mass is 203 g/mol. The molecule has 0 saturated carbocycles. The molecule has 1 N–H and O–H groups in total. The molecule has 0 spiro atoms. The van der Waals surface area contributed by atoms with Crippen molar-refractivity contribution in [2.75, 3.05) is 13.3 Å². The molecule has 0 aromatic heterocycles. The fourth-order valence-corrected chi connectivity index (χ4v) is 2.35. The molecule has 0 fully saturated rings. The van der Waals surface area contributed by atoms with Crippen molar-refractivity contribution in [3.63, 3.8) is 0 Å². The molecule has 80 valence electrons. The number of rotatable bonds is 2. The number of hydrogen-bond acceptors (Lipinski definition) is 2. The molecule has 0 aliphatic carbocycles. The Labute approximate surface area is 90.8 Å². The van der Waals surface area contributed by atoms with Crippen molar-refractivity contribution in [2.45, 2.75) is 19.4 Å². The lowest BCUT2D eigenvalue weighted by atomic mass is 9.89. The highest BCUT2D eigenvalue weighted by Crippen LogP contribution is 2.33. The standard InChI is InChI=1S/C13H17NO/c1-10(2)13-12-6-4-3-5-11(12)7-8-14(13)9-15/h3-6,13,15H,1,7-9H2,2H3/t13-/m0/s1. The van der Waals surface area contributed by atoms with Gasteiger partial charge in [-0.15, -0.1) is 0 Å². The highest BCUT2D eigenvalue weighted by atomic mass is 16.3. The van der Waals surface area contributed by atoms with E-state index in [1.807, 2.05) is 6.92 Å². The molecule has 1 aromatic carbocycles. The molecule has 1 aromatic rings. The third-order valence-corrected chi connectivity index (χ3v) is 3.03. The van der Waals surface area contributed by atoms with E-state index in [1.54, 1.807) is 0 Å². The van der Waals surface area contributed by atoms with Gasteiger partial charge in [0.2, 0.25) is 0 Å². The molecular formula is C13H17NO. The smallest absolute Gasteiger partial charge is 0.0964 e. The number of aliphatic hydroxyl groups excluding tert-OH is 1. The molecule has 1 heterocycles. The summed E-state index contributed by atoms with van der Waals surface area (Å²) in [5.74, 6) is 0. The lowest BCUT2D eigenvalue weighted by Crippen LogP contribution is -2.36. The summed E-state index contributed by atoms with van der Waals surface area (Å²) >= 11 is 0. The van der Waals surface area contributed by atoms with Crippen LogP contribution in [-0.2, 0) is 6.42 Å². The predicted octanol–water partition coefficient (Wildman–Crippen LogP) is 2.11. The van der Waals surface area contributed by atoms with Crippen LogP contribution >= 0.6 is 0 Å². The summed E-state index contributed by atoms with van der Waals surface area (Å²) in [6.07, 6.45) is 1.01. The third kappa shape index (κ3) is 1.83. The molecule has 15 heavy (non-hydrogen) atoms.